The fourth-order valence-electron chi connectivity index (χ4n) is 5.27. The van der Waals surface area contributed by atoms with Gasteiger partial charge in [-0.1, -0.05) is 48.9 Å². The Morgan fingerprint density at radius 3 is 2.11 bits per heavy atom. The first-order valence-electron chi connectivity index (χ1n) is 12.8. The molecule has 36 heavy (non-hydrogen) atoms. The predicted molar refractivity (Wildman–Crippen MR) is 149 cm³/mol. The van der Waals surface area contributed by atoms with Gasteiger partial charge in [0.05, 0.1) is 7.11 Å². The van der Waals surface area contributed by atoms with E-state index < -0.39 is 0 Å². The van der Waals surface area contributed by atoms with E-state index in [1.165, 1.54) is 30.2 Å². The van der Waals surface area contributed by atoms with Gasteiger partial charge in [-0.3, -0.25) is 9.69 Å². The monoisotopic (exact) mass is 478 g/mol. The second-order valence-electron chi connectivity index (χ2n) is 9.96. The Bertz CT molecular complexity index is 1340. The summed E-state index contributed by atoms with van der Waals surface area (Å²) in [6.45, 7) is 5.68. The van der Waals surface area contributed by atoms with Gasteiger partial charge in [0.1, 0.15) is 5.75 Å². The Kier molecular flexibility index (Phi) is 7.06. The van der Waals surface area contributed by atoms with Gasteiger partial charge >= 0.3 is 0 Å². The van der Waals surface area contributed by atoms with E-state index in [9.17, 15) is 4.79 Å². The van der Waals surface area contributed by atoms with Crippen LogP contribution in [-0.4, -0.2) is 30.0 Å². The number of nitrogens with zero attached hydrogens (tertiary/aromatic N) is 1. The van der Waals surface area contributed by atoms with Crippen LogP contribution >= 0.6 is 0 Å². The first-order chi connectivity index (χ1) is 17.5. The van der Waals surface area contributed by atoms with Crippen LogP contribution in [0.5, 0.6) is 5.75 Å². The zero-order valence-electron chi connectivity index (χ0n) is 21.3. The molecule has 184 valence electrons. The highest BCUT2D eigenvalue weighted by Gasteiger charge is 2.24. The summed E-state index contributed by atoms with van der Waals surface area (Å²) in [5.41, 5.74) is 4.92. The van der Waals surface area contributed by atoms with Gasteiger partial charge in [-0.25, -0.2) is 0 Å². The number of carbonyl (C=O) groups is 1. The molecule has 0 spiro atoms. The lowest BCUT2D eigenvalue weighted by molar-refractivity contribution is 0.0953. The van der Waals surface area contributed by atoms with E-state index in [1.807, 2.05) is 54.6 Å². The molecule has 1 N–H and O–H groups in total. The normalized spacial score (nSPS) is 18.2. The highest BCUT2D eigenvalue weighted by atomic mass is 16.5. The van der Waals surface area contributed by atoms with Crippen molar-refractivity contribution in [1.29, 1.82) is 0 Å². The van der Waals surface area contributed by atoms with Crippen LogP contribution in [0, 0.1) is 0 Å². The standard InChI is InChI=1S/C32H34N2O2/c1-22-5-4-6-23(2)34(22)21-24-7-8-29-20-30(16-13-28(29)19-24)33-32(35)27-11-9-25(10-12-27)26-14-17-31(36-3)18-15-26/h7-20,22-23H,4-6,21H2,1-3H3,(H,33,35)/t22-,23+. The number of amides is 1. The first-order valence-corrected chi connectivity index (χ1v) is 12.8. The molecule has 4 aromatic rings. The lowest BCUT2D eigenvalue weighted by Crippen LogP contribution is -2.42. The molecule has 1 aliphatic rings. The van der Waals surface area contributed by atoms with Crippen LogP contribution in [0.1, 0.15) is 49.0 Å². The summed E-state index contributed by atoms with van der Waals surface area (Å²) < 4.78 is 5.23. The van der Waals surface area contributed by atoms with E-state index in [0.717, 1.165) is 34.5 Å². The third-order valence-corrected chi connectivity index (χ3v) is 7.47. The van der Waals surface area contributed by atoms with Gasteiger partial charge in [0.2, 0.25) is 0 Å². The molecule has 1 aliphatic heterocycles. The number of piperidine rings is 1. The number of fused-ring (bicyclic) bond motifs is 1. The number of nitrogens with one attached hydrogen (secondary N) is 1. The van der Waals surface area contributed by atoms with Crippen LogP contribution in [0.25, 0.3) is 21.9 Å². The van der Waals surface area contributed by atoms with E-state index in [0.29, 0.717) is 17.6 Å². The third-order valence-electron chi connectivity index (χ3n) is 7.47. The molecule has 1 saturated heterocycles. The van der Waals surface area contributed by atoms with Crippen molar-refractivity contribution in [1.82, 2.24) is 4.90 Å². The van der Waals surface area contributed by atoms with Crippen LogP contribution in [-0.2, 0) is 6.54 Å². The van der Waals surface area contributed by atoms with E-state index >= 15 is 0 Å². The number of anilines is 1. The third kappa shape index (κ3) is 5.29. The Hall–Kier alpha value is -3.63. The summed E-state index contributed by atoms with van der Waals surface area (Å²) in [6, 6.07) is 29.7. The van der Waals surface area contributed by atoms with Crippen molar-refractivity contribution in [2.75, 3.05) is 12.4 Å². The highest BCUT2D eigenvalue weighted by Crippen LogP contribution is 2.27. The van der Waals surface area contributed by atoms with Crippen molar-refractivity contribution in [3.8, 4) is 16.9 Å². The van der Waals surface area contributed by atoms with Gasteiger partial charge < -0.3 is 10.1 Å². The Labute approximate surface area is 213 Å². The number of rotatable bonds is 6. The number of benzene rings is 4. The number of methoxy groups -OCH3 is 1. The molecule has 4 aromatic carbocycles. The van der Waals surface area contributed by atoms with E-state index in [4.69, 9.17) is 4.74 Å². The van der Waals surface area contributed by atoms with E-state index in [1.54, 1.807) is 7.11 Å². The average Bonchev–Trinajstić information content (AvgIpc) is 2.91. The maximum Gasteiger partial charge on any atom is 0.255 e. The molecule has 1 heterocycles. The Balaban J connectivity index is 1.26. The smallest absolute Gasteiger partial charge is 0.255 e. The maximum atomic E-state index is 12.9. The summed E-state index contributed by atoms with van der Waals surface area (Å²) >= 11 is 0. The van der Waals surface area contributed by atoms with Crippen LogP contribution < -0.4 is 10.1 Å². The molecule has 4 heteroatoms. The lowest BCUT2D eigenvalue weighted by Gasteiger charge is -2.39. The topological polar surface area (TPSA) is 41.6 Å². The number of carbonyl (C=O) groups excluding carboxylic acids is 1. The lowest BCUT2D eigenvalue weighted by atomic mass is 9.96. The molecule has 5 rings (SSSR count). The quantitative estimate of drug-likeness (QED) is 0.311. The molecule has 0 saturated carbocycles. The molecule has 0 unspecified atom stereocenters. The highest BCUT2D eigenvalue weighted by molar-refractivity contribution is 6.05. The largest absolute Gasteiger partial charge is 0.497 e. The van der Waals surface area contributed by atoms with Crippen molar-refractivity contribution < 1.29 is 9.53 Å². The van der Waals surface area contributed by atoms with Gasteiger partial charge in [0, 0.05) is 29.9 Å². The fraction of sp³-hybridized carbons (Fsp3) is 0.281. The van der Waals surface area contributed by atoms with E-state index in [2.05, 4.69) is 54.4 Å². The van der Waals surface area contributed by atoms with Gasteiger partial charge in [-0.05, 0) is 96.6 Å². The van der Waals surface area contributed by atoms with Crippen LogP contribution in [0.4, 0.5) is 5.69 Å². The van der Waals surface area contributed by atoms with Crippen molar-refractivity contribution in [3.05, 3.63) is 96.1 Å². The molecule has 0 radical (unpaired) electrons. The van der Waals surface area contributed by atoms with E-state index in [-0.39, 0.29) is 5.91 Å². The minimum atomic E-state index is -0.111. The Morgan fingerprint density at radius 2 is 1.44 bits per heavy atom. The van der Waals surface area contributed by atoms with Crippen LogP contribution in [0.2, 0.25) is 0 Å². The average molecular weight is 479 g/mol. The first kappa shape index (κ1) is 24.1. The number of ether oxygens (including phenoxy) is 1. The fourth-order valence-corrected chi connectivity index (χ4v) is 5.27. The second-order valence-corrected chi connectivity index (χ2v) is 9.96. The Morgan fingerprint density at radius 1 is 0.833 bits per heavy atom. The van der Waals surface area contributed by atoms with Gasteiger partial charge in [-0.2, -0.15) is 0 Å². The summed E-state index contributed by atoms with van der Waals surface area (Å²) in [7, 11) is 1.66. The van der Waals surface area contributed by atoms with Gasteiger partial charge in [-0.15, -0.1) is 0 Å². The minimum Gasteiger partial charge on any atom is -0.497 e. The summed E-state index contributed by atoms with van der Waals surface area (Å²) in [4.78, 5) is 15.5. The summed E-state index contributed by atoms with van der Waals surface area (Å²) in [5, 5.41) is 5.38. The molecular weight excluding hydrogens is 444 g/mol. The zero-order valence-corrected chi connectivity index (χ0v) is 21.3. The SMILES string of the molecule is COc1ccc(-c2ccc(C(=O)Nc3ccc4cc(CN5[C@H](C)CCC[C@@H]5C)ccc4c3)cc2)cc1. The molecule has 4 nitrogen and oxygen atoms in total. The van der Waals surface area contributed by atoms with Crippen molar-refractivity contribution in [2.45, 2.75) is 51.7 Å². The minimum absolute atomic E-state index is 0.111. The number of hydrogen-bond acceptors (Lipinski definition) is 3. The summed E-state index contributed by atoms with van der Waals surface area (Å²) in [6.07, 6.45) is 3.90. The van der Waals surface area contributed by atoms with Crippen molar-refractivity contribution in [3.63, 3.8) is 0 Å². The summed E-state index contributed by atoms with van der Waals surface area (Å²) in [5.74, 6) is 0.716. The molecule has 0 aliphatic carbocycles. The predicted octanol–water partition coefficient (Wildman–Crippen LogP) is 7.53. The molecule has 0 aromatic heterocycles. The molecule has 1 fully saturated rings. The van der Waals surface area contributed by atoms with Crippen molar-refractivity contribution in [2.24, 2.45) is 0 Å². The molecule has 2 atom stereocenters. The molecule has 1 amide bonds. The van der Waals surface area contributed by atoms with Crippen LogP contribution in [0.3, 0.4) is 0 Å². The van der Waals surface area contributed by atoms with Gasteiger partial charge in [0.15, 0.2) is 0 Å². The van der Waals surface area contributed by atoms with Crippen molar-refractivity contribution >= 4 is 22.4 Å². The maximum absolute atomic E-state index is 12.9. The second kappa shape index (κ2) is 10.5. The molecule has 0 bridgehead atoms. The number of likely N-dealkylation sites (tertiary alicyclic amines) is 1. The molecular formula is C32H34N2O2. The van der Waals surface area contributed by atoms with Gasteiger partial charge in [0.25, 0.3) is 5.91 Å². The zero-order chi connectivity index (χ0) is 25.1. The van der Waals surface area contributed by atoms with Crippen LogP contribution in [0.15, 0.2) is 84.9 Å². The number of hydrogen-bond donors (Lipinski definition) is 1.